The first-order valence-corrected chi connectivity index (χ1v) is 6.21. The lowest BCUT2D eigenvalue weighted by Gasteiger charge is -2.26. The van der Waals surface area contributed by atoms with Crippen LogP contribution in [0.2, 0.25) is 0 Å². The molecule has 1 aliphatic rings. The van der Waals surface area contributed by atoms with Gasteiger partial charge >= 0.3 is 0 Å². The average Bonchev–Trinajstić information content (AvgIpc) is 3.05. The SMILES string of the molecule is Cc1[nH]nc2c1CN(C(=O)c1cc(C(F)F)[nH]n1)CC2. The van der Waals surface area contributed by atoms with Crippen molar-refractivity contribution >= 4 is 5.91 Å². The average molecular weight is 281 g/mol. The molecule has 0 radical (unpaired) electrons. The highest BCUT2D eigenvalue weighted by Gasteiger charge is 2.26. The second kappa shape index (κ2) is 4.69. The standard InChI is InChI=1S/C12H13F2N5O/c1-6-7-5-19(3-2-8(7)16-15-6)12(20)10-4-9(11(13)14)17-18-10/h4,11H,2-3,5H2,1H3,(H,15,16)(H,17,18). The first-order chi connectivity index (χ1) is 9.56. The fourth-order valence-electron chi connectivity index (χ4n) is 2.32. The molecule has 1 aliphatic heterocycles. The Hall–Kier alpha value is -2.25. The van der Waals surface area contributed by atoms with Crippen molar-refractivity contribution in [3.8, 4) is 0 Å². The van der Waals surface area contributed by atoms with Crippen molar-refractivity contribution in [1.29, 1.82) is 0 Å². The van der Waals surface area contributed by atoms with E-state index in [9.17, 15) is 13.6 Å². The number of alkyl halides is 2. The third kappa shape index (κ3) is 2.06. The quantitative estimate of drug-likeness (QED) is 0.877. The van der Waals surface area contributed by atoms with E-state index in [4.69, 9.17) is 0 Å². The molecule has 0 saturated carbocycles. The Bertz CT molecular complexity index is 648. The molecule has 2 aromatic rings. The number of hydrogen-bond acceptors (Lipinski definition) is 3. The summed E-state index contributed by atoms with van der Waals surface area (Å²) in [6.07, 6.45) is -2.01. The number of carbonyl (C=O) groups excluding carboxylic acids is 1. The van der Waals surface area contributed by atoms with E-state index in [0.717, 1.165) is 23.0 Å². The van der Waals surface area contributed by atoms with E-state index in [-0.39, 0.29) is 17.3 Å². The summed E-state index contributed by atoms with van der Waals surface area (Å²) < 4.78 is 25.0. The van der Waals surface area contributed by atoms with Crippen molar-refractivity contribution in [2.24, 2.45) is 0 Å². The zero-order valence-corrected chi connectivity index (χ0v) is 10.8. The highest BCUT2D eigenvalue weighted by Crippen LogP contribution is 2.22. The van der Waals surface area contributed by atoms with Gasteiger partial charge < -0.3 is 4.90 Å². The fourth-order valence-corrected chi connectivity index (χ4v) is 2.32. The molecule has 0 unspecified atom stereocenters. The van der Waals surface area contributed by atoms with Gasteiger partial charge in [0, 0.05) is 30.8 Å². The lowest BCUT2D eigenvalue weighted by molar-refractivity contribution is 0.0728. The van der Waals surface area contributed by atoms with E-state index in [1.807, 2.05) is 6.92 Å². The predicted molar refractivity (Wildman–Crippen MR) is 65.3 cm³/mol. The second-order valence-corrected chi connectivity index (χ2v) is 4.76. The van der Waals surface area contributed by atoms with Crippen LogP contribution in [0.15, 0.2) is 6.07 Å². The number of hydrogen-bond donors (Lipinski definition) is 2. The Kier molecular flexibility index (Phi) is 3.00. The molecular formula is C12H13F2N5O. The van der Waals surface area contributed by atoms with Gasteiger partial charge in [-0.05, 0) is 13.0 Å². The van der Waals surface area contributed by atoms with Gasteiger partial charge in [-0.2, -0.15) is 10.2 Å². The Morgan fingerprint density at radius 1 is 1.40 bits per heavy atom. The van der Waals surface area contributed by atoms with Crippen molar-refractivity contribution in [3.05, 3.63) is 34.4 Å². The molecule has 0 aliphatic carbocycles. The van der Waals surface area contributed by atoms with Crippen molar-refractivity contribution in [1.82, 2.24) is 25.3 Å². The van der Waals surface area contributed by atoms with E-state index in [2.05, 4.69) is 20.4 Å². The molecule has 0 atom stereocenters. The van der Waals surface area contributed by atoms with Gasteiger partial charge in [-0.15, -0.1) is 0 Å². The molecule has 8 heteroatoms. The van der Waals surface area contributed by atoms with Gasteiger partial charge in [-0.25, -0.2) is 8.78 Å². The van der Waals surface area contributed by atoms with Gasteiger partial charge in [0.1, 0.15) is 5.69 Å². The normalized spacial score (nSPS) is 14.7. The number of fused-ring (bicyclic) bond motifs is 1. The van der Waals surface area contributed by atoms with E-state index in [1.165, 1.54) is 0 Å². The minimum absolute atomic E-state index is 0.0184. The summed E-state index contributed by atoms with van der Waals surface area (Å²) in [4.78, 5) is 13.8. The third-order valence-electron chi connectivity index (χ3n) is 3.47. The Morgan fingerprint density at radius 2 is 2.20 bits per heavy atom. The maximum atomic E-state index is 12.5. The molecule has 0 bridgehead atoms. The lowest BCUT2D eigenvalue weighted by atomic mass is 10.1. The fraction of sp³-hybridized carbons (Fsp3) is 0.417. The topological polar surface area (TPSA) is 77.7 Å². The minimum Gasteiger partial charge on any atom is -0.332 e. The van der Waals surface area contributed by atoms with Gasteiger partial charge in [-0.1, -0.05) is 0 Å². The van der Waals surface area contributed by atoms with Crippen molar-refractivity contribution in [2.75, 3.05) is 6.54 Å². The molecule has 3 rings (SSSR count). The molecule has 0 spiro atoms. The van der Waals surface area contributed by atoms with Crippen LogP contribution in [0.5, 0.6) is 0 Å². The van der Waals surface area contributed by atoms with Gasteiger partial charge in [-0.3, -0.25) is 15.0 Å². The monoisotopic (exact) mass is 281 g/mol. The summed E-state index contributed by atoms with van der Waals surface area (Å²) in [6, 6.07) is 1.10. The summed E-state index contributed by atoms with van der Waals surface area (Å²) >= 11 is 0. The number of halogens is 2. The number of nitrogens with one attached hydrogen (secondary N) is 2. The van der Waals surface area contributed by atoms with E-state index in [0.29, 0.717) is 19.5 Å². The number of H-pyrrole nitrogens is 2. The molecule has 6 nitrogen and oxygen atoms in total. The van der Waals surface area contributed by atoms with Crippen molar-refractivity contribution < 1.29 is 13.6 Å². The van der Waals surface area contributed by atoms with Crippen LogP contribution >= 0.6 is 0 Å². The Labute approximate surface area is 113 Å². The van der Waals surface area contributed by atoms with E-state index < -0.39 is 6.43 Å². The Balaban J connectivity index is 1.80. The van der Waals surface area contributed by atoms with E-state index in [1.54, 1.807) is 4.90 Å². The number of rotatable bonds is 2. The molecule has 0 aromatic carbocycles. The van der Waals surface area contributed by atoms with Crippen LogP contribution in [0.1, 0.15) is 39.6 Å². The molecular weight excluding hydrogens is 268 g/mol. The highest BCUT2D eigenvalue weighted by atomic mass is 19.3. The molecule has 20 heavy (non-hydrogen) atoms. The van der Waals surface area contributed by atoms with Gasteiger partial charge in [0.05, 0.1) is 5.69 Å². The first-order valence-electron chi connectivity index (χ1n) is 6.21. The van der Waals surface area contributed by atoms with Crippen LogP contribution in [0.4, 0.5) is 8.78 Å². The summed E-state index contributed by atoms with van der Waals surface area (Å²) in [5.41, 5.74) is 2.55. The third-order valence-corrected chi connectivity index (χ3v) is 3.47. The second-order valence-electron chi connectivity index (χ2n) is 4.76. The zero-order chi connectivity index (χ0) is 14.3. The first kappa shape index (κ1) is 12.8. The number of aromatic nitrogens is 4. The molecule has 0 fully saturated rings. The molecule has 2 N–H and O–H groups in total. The molecule has 2 aromatic heterocycles. The zero-order valence-electron chi connectivity index (χ0n) is 10.8. The summed E-state index contributed by atoms with van der Waals surface area (Å²) in [7, 11) is 0. The smallest absolute Gasteiger partial charge is 0.279 e. The summed E-state index contributed by atoms with van der Waals surface area (Å²) in [5.74, 6) is -0.348. The van der Waals surface area contributed by atoms with Crippen LogP contribution < -0.4 is 0 Å². The van der Waals surface area contributed by atoms with Crippen LogP contribution in [0, 0.1) is 6.92 Å². The predicted octanol–water partition coefficient (Wildman–Crippen LogP) is 1.58. The number of amides is 1. The molecule has 0 saturated heterocycles. The molecule has 1 amide bonds. The van der Waals surface area contributed by atoms with Crippen LogP contribution in [0.3, 0.4) is 0 Å². The van der Waals surface area contributed by atoms with Gasteiger partial charge in [0.15, 0.2) is 5.69 Å². The number of aryl methyl sites for hydroxylation is 1. The number of aromatic amines is 2. The van der Waals surface area contributed by atoms with Crippen molar-refractivity contribution in [2.45, 2.75) is 26.3 Å². The molecule has 3 heterocycles. The maximum absolute atomic E-state index is 12.5. The van der Waals surface area contributed by atoms with Crippen LogP contribution in [-0.4, -0.2) is 37.7 Å². The maximum Gasteiger partial charge on any atom is 0.279 e. The summed E-state index contributed by atoms with van der Waals surface area (Å²) in [5, 5.41) is 12.9. The van der Waals surface area contributed by atoms with Crippen LogP contribution in [-0.2, 0) is 13.0 Å². The summed E-state index contributed by atoms with van der Waals surface area (Å²) in [6.45, 7) is 2.82. The minimum atomic E-state index is -2.66. The van der Waals surface area contributed by atoms with Gasteiger partial charge in [0.2, 0.25) is 0 Å². The lowest BCUT2D eigenvalue weighted by Crippen LogP contribution is -2.36. The van der Waals surface area contributed by atoms with Crippen LogP contribution in [0.25, 0.3) is 0 Å². The molecule has 106 valence electrons. The number of carbonyl (C=O) groups is 1. The largest absolute Gasteiger partial charge is 0.332 e. The Morgan fingerprint density at radius 3 is 2.90 bits per heavy atom. The number of nitrogens with zero attached hydrogens (tertiary/aromatic N) is 3. The van der Waals surface area contributed by atoms with E-state index >= 15 is 0 Å². The van der Waals surface area contributed by atoms with Crippen molar-refractivity contribution in [3.63, 3.8) is 0 Å². The highest BCUT2D eigenvalue weighted by molar-refractivity contribution is 5.92. The van der Waals surface area contributed by atoms with Gasteiger partial charge in [0.25, 0.3) is 12.3 Å².